The minimum Gasteiger partial charge on any atom is -0.388 e. The third kappa shape index (κ3) is 4.18. The van der Waals surface area contributed by atoms with E-state index in [9.17, 15) is 5.11 Å². The van der Waals surface area contributed by atoms with Gasteiger partial charge in [-0.1, -0.05) is 43.2 Å². The number of rotatable bonds is 5. The number of aliphatic hydroxyl groups is 1. The van der Waals surface area contributed by atoms with Crippen LogP contribution in [0.4, 0.5) is 0 Å². The van der Waals surface area contributed by atoms with Crippen LogP contribution in [0.25, 0.3) is 0 Å². The van der Waals surface area contributed by atoms with Crippen LogP contribution in [0.5, 0.6) is 0 Å². The fourth-order valence-electron chi connectivity index (χ4n) is 1.67. The highest BCUT2D eigenvalue weighted by Crippen LogP contribution is 2.24. The molecule has 0 aliphatic carbocycles. The van der Waals surface area contributed by atoms with Gasteiger partial charge in [-0.3, -0.25) is 0 Å². The van der Waals surface area contributed by atoms with Crippen molar-refractivity contribution >= 4 is 11.8 Å². The molecule has 90 valence electrons. The van der Waals surface area contributed by atoms with Crippen LogP contribution in [0, 0.1) is 13.8 Å². The van der Waals surface area contributed by atoms with Gasteiger partial charge in [0, 0.05) is 11.0 Å². The van der Waals surface area contributed by atoms with Crippen molar-refractivity contribution in [3.05, 3.63) is 34.9 Å². The molecule has 2 heteroatoms. The SMILES string of the molecule is CCC(C)SCC(O)c1cc(C)cc(C)c1. The van der Waals surface area contributed by atoms with E-state index in [2.05, 4.69) is 45.9 Å². The maximum Gasteiger partial charge on any atom is 0.0880 e. The van der Waals surface area contributed by atoms with Gasteiger partial charge in [-0.05, 0) is 25.8 Å². The molecule has 1 rings (SSSR count). The van der Waals surface area contributed by atoms with E-state index >= 15 is 0 Å². The van der Waals surface area contributed by atoms with Crippen LogP contribution in [-0.4, -0.2) is 16.1 Å². The third-order valence-corrected chi connectivity index (χ3v) is 4.15. The lowest BCUT2D eigenvalue weighted by molar-refractivity contribution is 0.204. The summed E-state index contributed by atoms with van der Waals surface area (Å²) in [4.78, 5) is 0. The first-order valence-corrected chi connectivity index (χ1v) is 6.95. The minimum atomic E-state index is -0.336. The van der Waals surface area contributed by atoms with Crippen molar-refractivity contribution in [3.63, 3.8) is 0 Å². The van der Waals surface area contributed by atoms with Crippen LogP contribution < -0.4 is 0 Å². The first-order valence-electron chi connectivity index (χ1n) is 5.90. The molecule has 1 aromatic carbocycles. The maximum atomic E-state index is 10.1. The van der Waals surface area contributed by atoms with Gasteiger partial charge in [-0.25, -0.2) is 0 Å². The zero-order chi connectivity index (χ0) is 12.1. The lowest BCUT2D eigenvalue weighted by atomic mass is 10.0. The number of aliphatic hydroxyl groups excluding tert-OH is 1. The molecule has 0 fully saturated rings. The van der Waals surface area contributed by atoms with Gasteiger partial charge in [-0.15, -0.1) is 0 Å². The highest BCUT2D eigenvalue weighted by atomic mass is 32.2. The van der Waals surface area contributed by atoms with Crippen molar-refractivity contribution < 1.29 is 5.11 Å². The van der Waals surface area contributed by atoms with Gasteiger partial charge >= 0.3 is 0 Å². The molecule has 0 aromatic heterocycles. The molecule has 0 spiro atoms. The summed E-state index contributed by atoms with van der Waals surface area (Å²) in [6.07, 6.45) is 0.821. The predicted octanol–water partition coefficient (Wildman–Crippen LogP) is 3.87. The molecule has 0 heterocycles. The van der Waals surface area contributed by atoms with Gasteiger partial charge in [0.05, 0.1) is 6.10 Å². The van der Waals surface area contributed by atoms with E-state index in [-0.39, 0.29) is 6.10 Å². The molecule has 2 atom stereocenters. The number of hydrogen-bond donors (Lipinski definition) is 1. The predicted molar refractivity (Wildman–Crippen MR) is 73.1 cm³/mol. The number of benzene rings is 1. The summed E-state index contributed by atoms with van der Waals surface area (Å²) in [5.41, 5.74) is 3.50. The van der Waals surface area contributed by atoms with Gasteiger partial charge < -0.3 is 5.11 Å². The van der Waals surface area contributed by atoms with Gasteiger partial charge in [0.1, 0.15) is 0 Å². The zero-order valence-electron chi connectivity index (χ0n) is 10.7. The summed E-state index contributed by atoms with van der Waals surface area (Å²) in [7, 11) is 0. The quantitative estimate of drug-likeness (QED) is 0.840. The Kier molecular flexibility index (Phi) is 5.36. The lowest BCUT2D eigenvalue weighted by Crippen LogP contribution is -2.05. The molecule has 1 aromatic rings. The van der Waals surface area contributed by atoms with Crippen LogP contribution in [0.1, 0.15) is 43.1 Å². The Bertz CT molecular complexity index is 315. The van der Waals surface area contributed by atoms with E-state index in [4.69, 9.17) is 0 Å². The second-order valence-corrected chi connectivity index (χ2v) is 5.96. The summed E-state index contributed by atoms with van der Waals surface area (Å²) in [6.45, 7) is 8.54. The van der Waals surface area contributed by atoms with Gasteiger partial charge in [-0.2, -0.15) is 11.8 Å². The second-order valence-electron chi connectivity index (χ2n) is 4.49. The molecule has 0 saturated carbocycles. The molecule has 1 N–H and O–H groups in total. The van der Waals surface area contributed by atoms with Crippen molar-refractivity contribution in [2.45, 2.75) is 45.5 Å². The Labute approximate surface area is 103 Å². The van der Waals surface area contributed by atoms with E-state index in [1.165, 1.54) is 11.1 Å². The molecule has 0 aliphatic rings. The molecular weight excluding hydrogens is 216 g/mol. The standard InChI is InChI=1S/C14H22OS/c1-5-12(4)16-9-14(15)13-7-10(2)6-11(3)8-13/h6-8,12,14-15H,5,9H2,1-4H3. The molecule has 0 aliphatic heterocycles. The van der Waals surface area contributed by atoms with Crippen molar-refractivity contribution in [3.8, 4) is 0 Å². The second kappa shape index (κ2) is 6.31. The molecule has 0 saturated heterocycles. The molecule has 1 nitrogen and oxygen atoms in total. The van der Waals surface area contributed by atoms with Gasteiger partial charge in [0.2, 0.25) is 0 Å². The summed E-state index contributed by atoms with van der Waals surface area (Å²) < 4.78 is 0. The summed E-state index contributed by atoms with van der Waals surface area (Å²) >= 11 is 1.84. The highest BCUT2D eigenvalue weighted by Gasteiger charge is 2.10. The third-order valence-electron chi connectivity index (χ3n) is 2.74. The fourth-order valence-corrected chi connectivity index (χ4v) is 2.61. The number of thioether (sulfide) groups is 1. The Morgan fingerprint density at radius 1 is 1.19 bits per heavy atom. The first kappa shape index (κ1) is 13.6. The van der Waals surface area contributed by atoms with Crippen LogP contribution in [0.3, 0.4) is 0 Å². The first-order chi connectivity index (χ1) is 7.52. The average Bonchev–Trinajstić information content (AvgIpc) is 2.23. The molecular formula is C14H22OS. The Morgan fingerprint density at radius 2 is 1.75 bits per heavy atom. The van der Waals surface area contributed by atoms with Crippen molar-refractivity contribution in [2.75, 3.05) is 5.75 Å². The molecule has 0 bridgehead atoms. The zero-order valence-corrected chi connectivity index (χ0v) is 11.5. The van der Waals surface area contributed by atoms with Gasteiger partial charge in [0.25, 0.3) is 0 Å². The Morgan fingerprint density at radius 3 is 2.25 bits per heavy atom. The molecule has 16 heavy (non-hydrogen) atoms. The number of hydrogen-bond acceptors (Lipinski definition) is 2. The van der Waals surface area contributed by atoms with E-state index in [1.54, 1.807) is 0 Å². The monoisotopic (exact) mass is 238 g/mol. The summed E-state index contributed by atoms with van der Waals surface area (Å²) in [6, 6.07) is 6.29. The highest BCUT2D eigenvalue weighted by molar-refractivity contribution is 7.99. The van der Waals surface area contributed by atoms with Crippen molar-refractivity contribution in [1.82, 2.24) is 0 Å². The smallest absolute Gasteiger partial charge is 0.0880 e. The van der Waals surface area contributed by atoms with Crippen LogP contribution in [0.15, 0.2) is 18.2 Å². The van der Waals surface area contributed by atoms with Crippen LogP contribution in [-0.2, 0) is 0 Å². The Balaban J connectivity index is 2.62. The van der Waals surface area contributed by atoms with E-state index in [0.29, 0.717) is 5.25 Å². The van der Waals surface area contributed by atoms with Crippen molar-refractivity contribution in [1.29, 1.82) is 0 Å². The van der Waals surface area contributed by atoms with Crippen LogP contribution in [0.2, 0.25) is 0 Å². The van der Waals surface area contributed by atoms with E-state index in [0.717, 1.165) is 17.7 Å². The topological polar surface area (TPSA) is 20.2 Å². The van der Waals surface area contributed by atoms with Gasteiger partial charge in [0.15, 0.2) is 0 Å². The summed E-state index contributed by atoms with van der Waals surface area (Å²) in [5, 5.41) is 10.7. The van der Waals surface area contributed by atoms with E-state index < -0.39 is 0 Å². The normalized spacial score (nSPS) is 14.8. The largest absolute Gasteiger partial charge is 0.388 e. The van der Waals surface area contributed by atoms with Crippen molar-refractivity contribution in [2.24, 2.45) is 0 Å². The average molecular weight is 238 g/mol. The lowest BCUT2D eigenvalue weighted by Gasteiger charge is -2.15. The summed E-state index contributed by atoms with van der Waals surface area (Å²) in [5.74, 6) is 0.790. The maximum absolute atomic E-state index is 10.1. The fraction of sp³-hybridized carbons (Fsp3) is 0.571. The minimum absolute atomic E-state index is 0.336. The Hall–Kier alpha value is -0.470. The molecule has 0 amide bonds. The van der Waals surface area contributed by atoms with Crippen LogP contribution >= 0.6 is 11.8 Å². The van der Waals surface area contributed by atoms with E-state index in [1.807, 2.05) is 11.8 Å². The number of aryl methyl sites for hydroxylation is 2. The molecule has 2 unspecified atom stereocenters. The molecule has 0 radical (unpaired) electrons.